The molecule has 2 rings (SSSR count). The Labute approximate surface area is 110 Å². The highest BCUT2D eigenvalue weighted by molar-refractivity contribution is 14.1. The molecule has 0 aliphatic carbocycles. The van der Waals surface area contributed by atoms with Crippen LogP contribution in [0.2, 0.25) is 0 Å². The summed E-state index contributed by atoms with van der Waals surface area (Å²) in [6.45, 7) is 0.148. The molecule has 0 spiro atoms. The van der Waals surface area contributed by atoms with Crippen molar-refractivity contribution in [3.05, 3.63) is 27.3 Å². The summed E-state index contributed by atoms with van der Waals surface area (Å²) in [4.78, 5) is 12.5. The van der Waals surface area contributed by atoms with Crippen molar-refractivity contribution >= 4 is 45.8 Å². The Kier molecular flexibility index (Phi) is 3.34. The van der Waals surface area contributed by atoms with Crippen molar-refractivity contribution in [2.45, 2.75) is 11.8 Å². The molecule has 1 saturated heterocycles. The molecule has 0 saturated carbocycles. The summed E-state index contributed by atoms with van der Waals surface area (Å²) in [5, 5.41) is -0.384. The maximum Gasteiger partial charge on any atom is 0.228 e. The first kappa shape index (κ1) is 12.0. The molecule has 0 radical (unpaired) electrons. The van der Waals surface area contributed by atoms with Gasteiger partial charge in [0.05, 0.1) is 5.38 Å². The molecule has 1 atom stereocenters. The molecule has 16 heavy (non-hydrogen) atoms. The second-order valence-electron chi connectivity index (χ2n) is 3.52. The van der Waals surface area contributed by atoms with Crippen LogP contribution in [-0.4, -0.2) is 17.8 Å². The van der Waals surface area contributed by atoms with E-state index in [0.717, 1.165) is 4.90 Å². The number of nitrogens with zero attached hydrogens (tertiary/aromatic N) is 1. The van der Waals surface area contributed by atoms with Gasteiger partial charge in [-0.2, -0.15) is 0 Å². The molecule has 1 aliphatic rings. The normalized spacial score (nSPS) is 20.6. The molecule has 1 amide bonds. The van der Waals surface area contributed by atoms with Crippen LogP contribution in [0, 0.1) is 15.2 Å². The zero-order valence-electron chi connectivity index (χ0n) is 8.01. The predicted molar refractivity (Wildman–Crippen MR) is 65.7 cm³/mol. The summed E-state index contributed by atoms with van der Waals surface area (Å²) in [6, 6.07) is 2.38. The lowest BCUT2D eigenvalue weighted by molar-refractivity contribution is -0.117. The monoisotopic (exact) mass is 357 g/mol. The molecule has 1 fully saturated rings. The van der Waals surface area contributed by atoms with Crippen LogP contribution in [0.3, 0.4) is 0 Å². The van der Waals surface area contributed by atoms with Gasteiger partial charge in [-0.3, -0.25) is 4.79 Å². The molecule has 1 aromatic rings. The minimum Gasteiger partial charge on any atom is -0.306 e. The molecular weight excluding hydrogens is 350 g/mol. The fraction of sp³-hybridized carbons (Fsp3) is 0.300. The number of hydrogen-bond acceptors (Lipinski definition) is 1. The third-order valence-electron chi connectivity index (χ3n) is 2.33. The van der Waals surface area contributed by atoms with Crippen LogP contribution in [0.5, 0.6) is 0 Å². The zero-order chi connectivity index (χ0) is 11.9. The van der Waals surface area contributed by atoms with Gasteiger partial charge in [0.2, 0.25) is 5.91 Å². The van der Waals surface area contributed by atoms with E-state index in [1.54, 1.807) is 0 Å². The Balaban J connectivity index is 2.44. The molecule has 86 valence electrons. The Hall–Kier alpha value is -0.430. The zero-order valence-corrected chi connectivity index (χ0v) is 10.9. The number of carbonyl (C=O) groups is 1. The number of benzene rings is 1. The number of amides is 1. The van der Waals surface area contributed by atoms with E-state index in [1.165, 1.54) is 12.1 Å². The van der Waals surface area contributed by atoms with Crippen LogP contribution in [0.25, 0.3) is 0 Å². The van der Waals surface area contributed by atoms with Gasteiger partial charge in [0.25, 0.3) is 0 Å². The fourth-order valence-corrected chi connectivity index (χ4v) is 2.49. The molecular formula is C10H7ClF2INO. The van der Waals surface area contributed by atoms with Crippen LogP contribution in [0.15, 0.2) is 12.1 Å². The molecule has 1 aromatic carbocycles. The number of halogens is 4. The Morgan fingerprint density at radius 1 is 1.38 bits per heavy atom. The lowest BCUT2D eigenvalue weighted by Crippen LogP contribution is -2.26. The Morgan fingerprint density at radius 3 is 2.38 bits per heavy atom. The number of hydrogen-bond donors (Lipinski definition) is 0. The van der Waals surface area contributed by atoms with Gasteiger partial charge in [0, 0.05) is 16.5 Å². The molecule has 6 heteroatoms. The quantitative estimate of drug-likeness (QED) is 0.559. The molecule has 0 bridgehead atoms. The summed E-state index contributed by atoms with van der Waals surface area (Å²) in [6.07, 6.45) is 0.117. The van der Waals surface area contributed by atoms with Gasteiger partial charge in [0.15, 0.2) is 11.6 Å². The summed E-state index contributed by atoms with van der Waals surface area (Å²) in [7, 11) is 0. The maximum atomic E-state index is 13.6. The minimum atomic E-state index is -0.733. The van der Waals surface area contributed by atoms with Gasteiger partial charge in [-0.25, -0.2) is 8.78 Å². The van der Waals surface area contributed by atoms with E-state index in [-0.39, 0.29) is 29.9 Å². The third kappa shape index (κ3) is 2.15. The standard InChI is InChI=1S/C10H7ClF2INO/c11-5-1-9(16)15(4-5)10-7(12)2-6(14)3-8(10)13/h2-3,5H,1,4H2. The molecule has 0 N–H and O–H groups in total. The molecule has 1 unspecified atom stereocenters. The summed E-state index contributed by atoms with van der Waals surface area (Å²) in [5.74, 6) is -1.81. The van der Waals surface area contributed by atoms with Gasteiger partial charge < -0.3 is 4.90 Å². The number of rotatable bonds is 1. The van der Waals surface area contributed by atoms with E-state index in [4.69, 9.17) is 11.6 Å². The van der Waals surface area contributed by atoms with E-state index >= 15 is 0 Å². The highest BCUT2D eigenvalue weighted by Crippen LogP contribution is 2.30. The van der Waals surface area contributed by atoms with Crippen molar-refractivity contribution in [2.24, 2.45) is 0 Å². The lowest BCUT2D eigenvalue weighted by atomic mass is 10.2. The Morgan fingerprint density at radius 2 is 1.94 bits per heavy atom. The van der Waals surface area contributed by atoms with Crippen molar-refractivity contribution in [1.29, 1.82) is 0 Å². The summed E-state index contributed by atoms with van der Waals surface area (Å²) >= 11 is 7.59. The lowest BCUT2D eigenvalue weighted by Gasteiger charge is -2.17. The van der Waals surface area contributed by atoms with Gasteiger partial charge >= 0.3 is 0 Å². The van der Waals surface area contributed by atoms with Crippen LogP contribution in [-0.2, 0) is 4.79 Å². The number of carbonyl (C=O) groups excluding carboxylic acids is 1. The first-order chi connectivity index (χ1) is 7.49. The second kappa shape index (κ2) is 4.44. The van der Waals surface area contributed by atoms with Crippen LogP contribution in [0.4, 0.5) is 14.5 Å². The maximum absolute atomic E-state index is 13.6. The third-order valence-corrected chi connectivity index (χ3v) is 3.24. The van der Waals surface area contributed by atoms with Crippen LogP contribution in [0.1, 0.15) is 6.42 Å². The fourth-order valence-electron chi connectivity index (χ4n) is 1.67. The Bertz CT molecular complexity index is 431. The van der Waals surface area contributed by atoms with Crippen molar-refractivity contribution in [3.8, 4) is 0 Å². The first-order valence-corrected chi connectivity index (χ1v) is 6.09. The predicted octanol–water partition coefficient (Wildman–Crippen LogP) is 2.91. The van der Waals surface area contributed by atoms with Crippen molar-refractivity contribution in [3.63, 3.8) is 0 Å². The van der Waals surface area contributed by atoms with Gasteiger partial charge in [0.1, 0.15) is 5.69 Å². The van der Waals surface area contributed by atoms with Crippen molar-refractivity contribution in [2.75, 3.05) is 11.4 Å². The second-order valence-corrected chi connectivity index (χ2v) is 5.39. The molecule has 1 heterocycles. The smallest absolute Gasteiger partial charge is 0.228 e. The van der Waals surface area contributed by atoms with E-state index in [9.17, 15) is 13.6 Å². The van der Waals surface area contributed by atoms with Crippen molar-refractivity contribution in [1.82, 2.24) is 0 Å². The van der Waals surface area contributed by atoms with Gasteiger partial charge in [-0.15, -0.1) is 11.6 Å². The SMILES string of the molecule is O=C1CC(Cl)CN1c1c(F)cc(I)cc1F. The van der Waals surface area contributed by atoms with Crippen LogP contribution < -0.4 is 4.90 Å². The molecule has 2 nitrogen and oxygen atoms in total. The number of anilines is 1. The minimum absolute atomic E-state index is 0.117. The van der Waals surface area contributed by atoms with Gasteiger partial charge in [-0.05, 0) is 34.7 Å². The number of alkyl halides is 1. The summed E-state index contributed by atoms with van der Waals surface area (Å²) in [5.41, 5.74) is -0.298. The van der Waals surface area contributed by atoms with E-state index in [0.29, 0.717) is 3.57 Å². The van der Waals surface area contributed by atoms with E-state index in [2.05, 4.69) is 0 Å². The molecule has 1 aliphatic heterocycles. The van der Waals surface area contributed by atoms with Gasteiger partial charge in [-0.1, -0.05) is 0 Å². The van der Waals surface area contributed by atoms with Crippen molar-refractivity contribution < 1.29 is 13.6 Å². The average molecular weight is 358 g/mol. The summed E-state index contributed by atoms with van der Waals surface area (Å²) < 4.78 is 27.6. The molecule has 0 aromatic heterocycles. The first-order valence-electron chi connectivity index (χ1n) is 4.58. The van der Waals surface area contributed by atoms with E-state index < -0.39 is 11.6 Å². The average Bonchev–Trinajstić information content (AvgIpc) is 2.43. The highest BCUT2D eigenvalue weighted by atomic mass is 127. The highest BCUT2D eigenvalue weighted by Gasteiger charge is 2.32. The van der Waals surface area contributed by atoms with Crippen LogP contribution >= 0.6 is 34.2 Å². The van der Waals surface area contributed by atoms with E-state index in [1.807, 2.05) is 22.6 Å². The largest absolute Gasteiger partial charge is 0.306 e. The topological polar surface area (TPSA) is 20.3 Å².